The third-order valence-corrected chi connectivity index (χ3v) is 2.58. The Morgan fingerprint density at radius 2 is 1.32 bits per heavy atom. The monoisotopic (exact) mass is 262 g/mol. The number of hydrogen-bond donors (Lipinski definition) is 1. The summed E-state index contributed by atoms with van der Waals surface area (Å²) in [6.45, 7) is 0. The van der Waals surface area contributed by atoms with E-state index in [4.69, 9.17) is 5.11 Å². The number of benzene rings is 2. The van der Waals surface area contributed by atoms with Gasteiger partial charge in [-0.3, -0.25) is 4.79 Å². The van der Waals surface area contributed by atoms with Crippen molar-refractivity contribution in [3.8, 4) is 0 Å². The Morgan fingerprint density at radius 3 is 1.84 bits per heavy atom. The molecule has 0 bridgehead atoms. The molecule has 2 aromatic carbocycles. The maximum Gasteiger partial charge on any atom is 0.335 e. The molecule has 0 spiro atoms. The van der Waals surface area contributed by atoms with Gasteiger partial charge < -0.3 is 5.11 Å². The van der Waals surface area contributed by atoms with E-state index >= 15 is 0 Å². The van der Waals surface area contributed by atoms with Crippen molar-refractivity contribution < 1.29 is 23.5 Å². The van der Waals surface area contributed by atoms with E-state index in [1.54, 1.807) is 0 Å². The fraction of sp³-hybridized carbons (Fsp3) is 0. The predicted molar refractivity (Wildman–Crippen MR) is 63.2 cm³/mol. The third-order valence-electron chi connectivity index (χ3n) is 2.58. The highest BCUT2D eigenvalue weighted by molar-refractivity contribution is 6.09. The molecule has 1 N–H and O–H groups in total. The van der Waals surface area contributed by atoms with Crippen molar-refractivity contribution in [2.45, 2.75) is 0 Å². The molecule has 19 heavy (non-hydrogen) atoms. The van der Waals surface area contributed by atoms with Gasteiger partial charge in [0.05, 0.1) is 5.56 Å². The van der Waals surface area contributed by atoms with E-state index in [0.29, 0.717) is 0 Å². The number of hydrogen-bond acceptors (Lipinski definition) is 2. The Labute approximate surface area is 107 Å². The summed E-state index contributed by atoms with van der Waals surface area (Å²) in [5.74, 6) is -3.74. The van der Waals surface area contributed by atoms with Crippen molar-refractivity contribution in [3.63, 3.8) is 0 Å². The Kier molecular flexibility index (Phi) is 3.37. The highest BCUT2D eigenvalue weighted by Gasteiger charge is 2.12. The number of carboxylic acids is 1. The average Bonchev–Trinajstić information content (AvgIpc) is 2.41. The zero-order valence-electron chi connectivity index (χ0n) is 9.56. The first-order valence-electron chi connectivity index (χ1n) is 5.32. The van der Waals surface area contributed by atoms with Gasteiger partial charge in [-0.1, -0.05) is 12.1 Å². The molecule has 2 rings (SSSR count). The molecule has 0 unspecified atom stereocenters. The average molecular weight is 262 g/mol. The molecule has 3 nitrogen and oxygen atoms in total. The third kappa shape index (κ3) is 2.65. The van der Waals surface area contributed by atoms with Crippen LogP contribution in [0.1, 0.15) is 26.3 Å². The van der Waals surface area contributed by atoms with E-state index in [1.165, 1.54) is 30.3 Å². The van der Waals surface area contributed by atoms with Crippen molar-refractivity contribution >= 4 is 11.8 Å². The molecule has 0 atom stereocenters. The fourth-order valence-corrected chi connectivity index (χ4v) is 1.57. The number of carboxylic acid groups (broad SMARTS) is 1. The smallest absolute Gasteiger partial charge is 0.335 e. The highest BCUT2D eigenvalue weighted by Crippen LogP contribution is 2.14. The summed E-state index contributed by atoms with van der Waals surface area (Å²) in [7, 11) is 0. The maximum atomic E-state index is 13.0. The molecule has 0 aliphatic rings. The summed E-state index contributed by atoms with van der Waals surface area (Å²) < 4.78 is 25.8. The normalized spacial score (nSPS) is 10.2. The zero-order chi connectivity index (χ0) is 14.0. The van der Waals surface area contributed by atoms with E-state index < -0.39 is 23.4 Å². The summed E-state index contributed by atoms with van der Waals surface area (Å²) in [4.78, 5) is 22.6. The number of ketones is 1. The first-order valence-corrected chi connectivity index (χ1v) is 5.32. The van der Waals surface area contributed by atoms with Crippen molar-refractivity contribution in [1.29, 1.82) is 0 Å². The largest absolute Gasteiger partial charge is 0.478 e. The minimum absolute atomic E-state index is 0.00183. The summed E-state index contributed by atoms with van der Waals surface area (Å²) in [5.41, 5.74) is 0.250. The van der Waals surface area contributed by atoms with Crippen LogP contribution in [0.4, 0.5) is 8.78 Å². The van der Waals surface area contributed by atoms with Gasteiger partial charge in [0.1, 0.15) is 0 Å². The van der Waals surface area contributed by atoms with Crippen LogP contribution in [0, 0.1) is 11.6 Å². The van der Waals surface area contributed by atoms with E-state index in [1.807, 2.05) is 0 Å². The van der Waals surface area contributed by atoms with E-state index in [0.717, 1.165) is 12.1 Å². The van der Waals surface area contributed by atoms with E-state index in [-0.39, 0.29) is 16.7 Å². The first-order chi connectivity index (χ1) is 8.99. The Morgan fingerprint density at radius 1 is 0.789 bits per heavy atom. The van der Waals surface area contributed by atoms with Gasteiger partial charge in [-0.25, -0.2) is 13.6 Å². The molecule has 0 saturated carbocycles. The molecule has 0 aliphatic carbocycles. The zero-order valence-corrected chi connectivity index (χ0v) is 9.56. The Balaban J connectivity index is 2.33. The van der Waals surface area contributed by atoms with Crippen LogP contribution in [-0.2, 0) is 0 Å². The standard InChI is InChI=1S/C14H8F2O3/c15-11-6-5-10(7-12(11)16)13(17)8-1-3-9(4-2-8)14(18)19/h1-7H,(H,18,19). The van der Waals surface area contributed by atoms with E-state index in [9.17, 15) is 18.4 Å². The fourth-order valence-electron chi connectivity index (χ4n) is 1.57. The second-order valence-corrected chi connectivity index (χ2v) is 3.84. The molecule has 2 aromatic rings. The van der Waals surface area contributed by atoms with Crippen molar-refractivity contribution in [2.24, 2.45) is 0 Å². The van der Waals surface area contributed by atoms with Gasteiger partial charge >= 0.3 is 5.97 Å². The lowest BCUT2D eigenvalue weighted by atomic mass is 10.0. The van der Waals surface area contributed by atoms with E-state index in [2.05, 4.69) is 0 Å². The molecule has 0 amide bonds. The minimum atomic E-state index is -1.10. The molecule has 96 valence electrons. The van der Waals surface area contributed by atoms with Crippen LogP contribution in [0.5, 0.6) is 0 Å². The molecule has 0 fully saturated rings. The van der Waals surface area contributed by atoms with Crippen LogP contribution < -0.4 is 0 Å². The van der Waals surface area contributed by atoms with Crippen LogP contribution in [0.2, 0.25) is 0 Å². The summed E-state index contributed by atoms with van der Waals surface area (Å²) in [6.07, 6.45) is 0. The number of aromatic carboxylic acids is 1. The lowest BCUT2D eigenvalue weighted by molar-refractivity contribution is 0.0696. The number of carbonyl (C=O) groups is 2. The predicted octanol–water partition coefficient (Wildman–Crippen LogP) is 2.89. The molecule has 0 heterocycles. The van der Waals surface area contributed by atoms with Gasteiger partial charge in [0.25, 0.3) is 0 Å². The summed E-state index contributed by atoms with van der Waals surface area (Å²) in [6, 6.07) is 8.05. The molecule has 0 aromatic heterocycles. The van der Waals surface area contributed by atoms with Gasteiger partial charge in [0, 0.05) is 11.1 Å². The molecule has 0 saturated heterocycles. The second-order valence-electron chi connectivity index (χ2n) is 3.84. The van der Waals surface area contributed by atoms with Crippen LogP contribution in [0.3, 0.4) is 0 Å². The number of halogens is 2. The minimum Gasteiger partial charge on any atom is -0.478 e. The maximum absolute atomic E-state index is 13.0. The van der Waals surface area contributed by atoms with Crippen LogP contribution in [0.25, 0.3) is 0 Å². The second kappa shape index (κ2) is 4.97. The topological polar surface area (TPSA) is 54.4 Å². The summed E-state index contributed by atoms with van der Waals surface area (Å²) in [5, 5.41) is 8.72. The number of carbonyl (C=O) groups excluding carboxylic acids is 1. The van der Waals surface area contributed by atoms with Gasteiger partial charge in [-0.05, 0) is 30.3 Å². The molecule has 5 heteroatoms. The highest BCUT2D eigenvalue weighted by atomic mass is 19.2. The molecule has 0 radical (unpaired) electrons. The SMILES string of the molecule is O=C(O)c1ccc(C(=O)c2ccc(F)c(F)c2)cc1. The molecular weight excluding hydrogens is 254 g/mol. The van der Waals surface area contributed by atoms with Crippen LogP contribution >= 0.6 is 0 Å². The Hall–Kier alpha value is -2.56. The van der Waals surface area contributed by atoms with Gasteiger partial charge in [-0.15, -0.1) is 0 Å². The molecule has 0 aliphatic heterocycles. The van der Waals surface area contributed by atoms with Crippen LogP contribution in [0.15, 0.2) is 42.5 Å². The molecular formula is C14H8F2O3. The van der Waals surface area contributed by atoms with Gasteiger partial charge in [0.15, 0.2) is 17.4 Å². The Bertz CT molecular complexity index is 648. The number of rotatable bonds is 3. The van der Waals surface area contributed by atoms with Crippen molar-refractivity contribution in [3.05, 3.63) is 70.8 Å². The quantitative estimate of drug-likeness (QED) is 0.865. The first kappa shape index (κ1) is 12.9. The van der Waals surface area contributed by atoms with Crippen LogP contribution in [-0.4, -0.2) is 16.9 Å². The lowest BCUT2D eigenvalue weighted by Crippen LogP contribution is -2.04. The van der Waals surface area contributed by atoms with Gasteiger partial charge in [-0.2, -0.15) is 0 Å². The summed E-state index contributed by atoms with van der Waals surface area (Å²) >= 11 is 0. The lowest BCUT2D eigenvalue weighted by Gasteiger charge is -2.02. The van der Waals surface area contributed by atoms with Crippen molar-refractivity contribution in [1.82, 2.24) is 0 Å². The van der Waals surface area contributed by atoms with Crippen molar-refractivity contribution in [2.75, 3.05) is 0 Å². The van der Waals surface area contributed by atoms with Gasteiger partial charge in [0.2, 0.25) is 0 Å².